The standard InChI is InChI=1S/C28H28O6/c1-14(2)7-8-16-20-24(31)21-19(13-18-15(22(21)29)9-11-27(3,4)33-18)32-25(20)17-10-12-28(5,6)34-26(17)23(16)30/h7,9-13,29-30H,8H2,1-6H3. The maximum Gasteiger partial charge on any atom is 0.204 e. The summed E-state index contributed by atoms with van der Waals surface area (Å²) >= 11 is 0. The van der Waals surface area contributed by atoms with Gasteiger partial charge in [-0.15, -0.1) is 0 Å². The number of rotatable bonds is 2. The number of phenols is 2. The van der Waals surface area contributed by atoms with Gasteiger partial charge < -0.3 is 24.1 Å². The molecule has 0 fully saturated rings. The second-order valence-electron chi connectivity index (χ2n) is 10.3. The predicted octanol–water partition coefficient (Wildman–Crippen LogP) is 6.23. The summed E-state index contributed by atoms with van der Waals surface area (Å²) in [5.41, 5.74) is 1.27. The molecule has 0 radical (unpaired) electrons. The number of ether oxygens (including phenoxy) is 2. The van der Waals surface area contributed by atoms with Crippen molar-refractivity contribution >= 4 is 34.1 Å². The van der Waals surface area contributed by atoms with Crippen molar-refractivity contribution < 1.29 is 24.1 Å². The maximum absolute atomic E-state index is 13.9. The van der Waals surface area contributed by atoms with Crippen LogP contribution in [0.2, 0.25) is 0 Å². The van der Waals surface area contributed by atoms with Crippen LogP contribution in [-0.2, 0) is 6.42 Å². The van der Waals surface area contributed by atoms with E-state index >= 15 is 0 Å². The molecule has 3 aromatic rings. The Bertz CT molecular complexity index is 1520. The molecule has 176 valence electrons. The van der Waals surface area contributed by atoms with Crippen LogP contribution in [0.3, 0.4) is 0 Å². The van der Waals surface area contributed by atoms with Gasteiger partial charge in [0.25, 0.3) is 0 Å². The fraction of sp³-hybridized carbons (Fsp3) is 0.321. The second kappa shape index (κ2) is 7.16. The molecule has 0 amide bonds. The minimum atomic E-state index is -0.633. The van der Waals surface area contributed by atoms with E-state index in [0.29, 0.717) is 34.4 Å². The molecule has 2 aliphatic heterocycles. The van der Waals surface area contributed by atoms with Gasteiger partial charge in [0.15, 0.2) is 11.5 Å². The largest absolute Gasteiger partial charge is 0.506 e. The summed E-state index contributed by atoms with van der Waals surface area (Å²) in [7, 11) is 0. The first kappa shape index (κ1) is 22.1. The average Bonchev–Trinajstić information content (AvgIpc) is 2.72. The molecule has 0 spiro atoms. The highest BCUT2D eigenvalue weighted by Crippen LogP contribution is 2.47. The van der Waals surface area contributed by atoms with Crippen LogP contribution in [0.4, 0.5) is 0 Å². The van der Waals surface area contributed by atoms with Crippen LogP contribution in [0.15, 0.2) is 39.1 Å². The Labute approximate surface area is 197 Å². The third-order valence-electron chi connectivity index (χ3n) is 6.21. The molecule has 0 bridgehead atoms. The lowest BCUT2D eigenvalue weighted by Gasteiger charge is -2.30. The Hall–Kier alpha value is -3.67. The molecule has 1 aromatic heterocycles. The highest BCUT2D eigenvalue weighted by Gasteiger charge is 2.32. The van der Waals surface area contributed by atoms with Gasteiger partial charge in [-0.1, -0.05) is 11.6 Å². The van der Waals surface area contributed by atoms with Crippen molar-refractivity contribution in [3.63, 3.8) is 0 Å². The van der Waals surface area contributed by atoms with Gasteiger partial charge in [0.1, 0.15) is 39.3 Å². The van der Waals surface area contributed by atoms with Crippen LogP contribution in [0, 0.1) is 0 Å². The summed E-state index contributed by atoms with van der Waals surface area (Å²) in [6.45, 7) is 11.5. The normalized spacial score (nSPS) is 17.1. The number of benzene rings is 2. The third-order valence-corrected chi connectivity index (χ3v) is 6.21. The van der Waals surface area contributed by atoms with Crippen LogP contribution >= 0.6 is 0 Å². The van der Waals surface area contributed by atoms with Gasteiger partial charge in [-0.2, -0.15) is 0 Å². The lowest BCUT2D eigenvalue weighted by molar-refractivity contribution is 0.152. The van der Waals surface area contributed by atoms with E-state index in [2.05, 4.69) is 0 Å². The van der Waals surface area contributed by atoms with E-state index in [-0.39, 0.29) is 33.6 Å². The van der Waals surface area contributed by atoms with Gasteiger partial charge in [-0.05, 0) is 72.3 Å². The van der Waals surface area contributed by atoms with Crippen LogP contribution < -0.4 is 14.9 Å². The molecule has 0 saturated heterocycles. The monoisotopic (exact) mass is 460 g/mol. The maximum atomic E-state index is 13.9. The summed E-state index contributed by atoms with van der Waals surface area (Å²) < 4.78 is 18.4. The Balaban J connectivity index is 1.93. The lowest BCUT2D eigenvalue weighted by atomic mass is 9.93. The Morgan fingerprint density at radius 1 is 0.941 bits per heavy atom. The second-order valence-corrected chi connectivity index (χ2v) is 10.3. The predicted molar refractivity (Wildman–Crippen MR) is 134 cm³/mol. The topological polar surface area (TPSA) is 89.1 Å². The van der Waals surface area contributed by atoms with Crippen molar-refractivity contribution in [2.45, 2.75) is 59.2 Å². The highest BCUT2D eigenvalue weighted by molar-refractivity contribution is 6.02. The lowest BCUT2D eigenvalue weighted by Crippen LogP contribution is -2.28. The zero-order valence-corrected chi connectivity index (χ0v) is 20.2. The molecule has 6 heteroatoms. The van der Waals surface area contributed by atoms with E-state index < -0.39 is 16.6 Å². The van der Waals surface area contributed by atoms with E-state index in [1.165, 1.54) is 0 Å². The van der Waals surface area contributed by atoms with Crippen molar-refractivity contribution in [2.75, 3.05) is 0 Å². The molecule has 2 N–H and O–H groups in total. The summed E-state index contributed by atoms with van der Waals surface area (Å²) in [5.74, 6) is 0.423. The van der Waals surface area contributed by atoms with E-state index in [4.69, 9.17) is 13.9 Å². The van der Waals surface area contributed by atoms with Gasteiger partial charge in [0.2, 0.25) is 5.43 Å². The molecule has 34 heavy (non-hydrogen) atoms. The van der Waals surface area contributed by atoms with Gasteiger partial charge in [-0.25, -0.2) is 0 Å². The molecular weight excluding hydrogens is 432 g/mol. The first-order valence-corrected chi connectivity index (χ1v) is 11.3. The van der Waals surface area contributed by atoms with E-state index in [0.717, 1.165) is 5.57 Å². The van der Waals surface area contributed by atoms with Gasteiger partial charge in [0, 0.05) is 11.6 Å². The first-order valence-electron chi connectivity index (χ1n) is 11.3. The smallest absolute Gasteiger partial charge is 0.204 e. The van der Waals surface area contributed by atoms with Crippen molar-refractivity contribution in [1.82, 2.24) is 0 Å². The molecule has 3 heterocycles. The van der Waals surface area contributed by atoms with Crippen molar-refractivity contribution in [3.05, 3.63) is 56.8 Å². The molecule has 0 saturated carbocycles. The molecule has 5 rings (SSSR count). The molecule has 0 aliphatic carbocycles. The Kier molecular flexibility index (Phi) is 4.66. The molecule has 0 atom stereocenters. The molecule has 6 nitrogen and oxygen atoms in total. The fourth-order valence-corrected chi connectivity index (χ4v) is 4.46. The fourth-order valence-electron chi connectivity index (χ4n) is 4.46. The highest BCUT2D eigenvalue weighted by atomic mass is 16.5. The summed E-state index contributed by atoms with van der Waals surface area (Å²) in [5, 5.41) is 22.6. The number of phenolic OH excluding ortho intramolecular Hbond substituents is 2. The van der Waals surface area contributed by atoms with Gasteiger partial charge in [0.05, 0.1) is 16.5 Å². The number of allylic oxidation sites excluding steroid dienone is 2. The Morgan fingerprint density at radius 3 is 2.26 bits per heavy atom. The molecular formula is C28H28O6. The van der Waals surface area contributed by atoms with E-state index in [1.54, 1.807) is 18.2 Å². The minimum Gasteiger partial charge on any atom is -0.506 e. The first-order chi connectivity index (χ1) is 15.9. The van der Waals surface area contributed by atoms with Crippen molar-refractivity contribution in [1.29, 1.82) is 0 Å². The third kappa shape index (κ3) is 3.36. The van der Waals surface area contributed by atoms with E-state index in [1.807, 2.05) is 59.8 Å². The Morgan fingerprint density at radius 2 is 1.59 bits per heavy atom. The van der Waals surface area contributed by atoms with Crippen LogP contribution in [0.25, 0.3) is 34.1 Å². The summed E-state index contributed by atoms with van der Waals surface area (Å²) in [4.78, 5) is 13.9. The number of aromatic hydroxyl groups is 2. The minimum absolute atomic E-state index is 0.0537. The molecule has 0 unspecified atom stereocenters. The molecule has 2 aliphatic rings. The van der Waals surface area contributed by atoms with Gasteiger partial charge >= 0.3 is 0 Å². The van der Waals surface area contributed by atoms with Gasteiger partial charge in [-0.3, -0.25) is 4.79 Å². The SMILES string of the molecule is CC(C)=CCc1c(O)c2c(c3oc4cc5c(c(O)c4c(=O)c13)C=CC(C)(C)O5)C=CC(C)(C)O2. The average molecular weight is 461 g/mol. The van der Waals surface area contributed by atoms with Crippen LogP contribution in [0.1, 0.15) is 58.2 Å². The van der Waals surface area contributed by atoms with Crippen LogP contribution in [-0.4, -0.2) is 21.4 Å². The zero-order valence-electron chi connectivity index (χ0n) is 20.2. The number of fused-ring (bicyclic) bond motifs is 5. The van der Waals surface area contributed by atoms with Crippen molar-refractivity contribution in [2.24, 2.45) is 0 Å². The van der Waals surface area contributed by atoms with Crippen molar-refractivity contribution in [3.8, 4) is 23.0 Å². The quantitative estimate of drug-likeness (QED) is 0.348. The zero-order chi connectivity index (χ0) is 24.6. The summed E-state index contributed by atoms with van der Waals surface area (Å²) in [6.07, 6.45) is 9.49. The summed E-state index contributed by atoms with van der Waals surface area (Å²) in [6, 6.07) is 1.64. The molecule has 2 aromatic carbocycles. The van der Waals surface area contributed by atoms with E-state index in [9.17, 15) is 15.0 Å². The number of hydrogen-bond donors (Lipinski definition) is 2. The number of hydrogen-bond acceptors (Lipinski definition) is 6. The van der Waals surface area contributed by atoms with Crippen LogP contribution in [0.5, 0.6) is 23.0 Å².